The first-order chi connectivity index (χ1) is 8.58. The predicted molar refractivity (Wildman–Crippen MR) is 76.5 cm³/mol. The van der Waals surface area contributed by atoms with Crippen molar-refractivity contribution in [2.24, 2.45) is 11.3 Å². The van der Waals surface area contributed by atoms with Crippen molar-refractivity contribution in [3.05, 3.63) is 11.6 Å². The van der Waals surface area contributed by atoms with Crippen molar-refractivity contribution >= 4 is 5.78 Å². The molecule has 0 spiro atoms. The van der Waals surface area contributed by atoms with Crippen molar-refractivity contribution in [2.75, 3.05) is 0 Å². The summed E-state index contributed by atoms with van der Waals surface area (Å²) >= 11 is 0. The molecule has 18 heavy (non-hydrogen) atoms. The molecule has 0 radical (unpaired) electrons. The Bertz CT molecular complexity index is 315. The molecule has 1 heteroatoms. The molecule has 2 aliphatic carbocycles. The summed E-state index contributed by atoms with van der Waals surface area (Å²) in [6.45, 7) is 4.67. The smallest absolute Gasteiger partial charge is 0.161 e. The van der Waals surface area contributed by atoms with Crippen molar-refractivity contribution in [3.8, 4) is 0 Å². The summed E-state index contributed by atoms with van der Waals surface area (Å²) in [4.78, 5) is 12.6. The van der Waals surface area contributed by atoms with Crippen LogP contribution in [0, 0.1) is 11.3 Å². The average Bonchev–Trinajstić information content (AvgIpc) is 2.27. The fourth-order valence-electron chi connectivity index (χ4n) is 3.34. The van der Waals surface area contributed by atoms with Crippen molar-refractivity contribution < 1.29 is 4.79 Å². The summed E-state index contributed by atoms with van der Waals surface area (Å²) in [6.07, 6.45) is 14.2. The molecule has 0 amide bonds. The maximum absolute atomic E-state index is 12.6. The minimum atomic E-state index is 0.337. The van der Waals surface area contributed by atoms with Gasteiger partial charge in [0, 0.05) is 5.92 Å². The molecule has 0 bridgehead atoms. The van der Waals surface area contributed by atoms with Crippen LogP contribution in [0.2, 0.25) is 0 Å². The van der Waals surface area contributed by atoms with Crippen molar-refractivity contribution in [2.45, 2.75) is 78.1 Å². The molecule has 102 valence electrons. The number of carbonyl (C=O) groups excluding carboxylic acids is 1. The molecule has 0 aromatic heterocycles. The lowest BCUT2D eigenvalue weighted by Gasteiger charge is -2.34. The topological polar surface area (TPSA) is 17.1 Å². The van der Waals surface area contributed by atoms with E-state index in [1.165, 1.54) is 44.1 Å². The summed E-state index contributed by atoms with van der Waals surface area (Å²) in [5, 5.41) is 0. The van der Waals surface area contributed by atoms with Crippen LogP contribution in [0.25, 0.3) is 0 Å². The van der Waals surface area contributed by atoms with E-state index in [4.69, 9.17) is 0 Å². The molecule has 0 aromatic carbocycles. The Morgan fingerprint density at radius 3 is 2.50 bits per heavy atom. The Kier molecular flexibility index (Phi) is 4.64. The quantitative estimate of drug-likeness (QED) is 0.668. The second kappa shape index (κ2) is 6.04. The van der Waals surface area contributed by atoms with Gasteiger partial charge in [-0.15, -0.1) is 0 Å². The number of allylic oxidation sites excluding steroid dienone is 2. The van der Waals surface area contributed by atoms with Crippen LogP contribution in [0.5, 0.6) is 0 Å². The largest absolute Gasteiger partial charge is 0.294 e. The Morgan fingerprint density at radius 2 is 1.78 bits per heavy atom. The maximum Gasteiger partial charge on any atom is 0.161 e. The van der Waals surface area contributed by atoms with Crippen LogP contribution >= 0.6 is 0 Å². The van der Waals surface area contributed by atoms with Crippen molar-refractivity contribution in [1.29, 1.82) is 0 Å². The Hall–Kier alpha value is -0.590. The van der Waals surface area contributed by atoms with Crippen LogP contribution in [-0.2, 0) is 4.79 Å². The minimum Gasteiger partial charge on any atom is -0.294 e. The lowest BCUT2D eigenvalue weighted by molar-refractivity contribution is -0.120. The fraction of sp³-hybridized carbons (Fsp3) is 0.824. The molecule has 2 rings (SSSR count). The molecule has 0 unspecified atom stereocenters. The normalized spacial score (nSPS) is 26.0. The monoisotopic (exact) mass is 248 g/mol. The third kappa shape index (κ3) is 3.70. The SMILES string of the molecule is CC1(C)CCC(C(=O)C2=CCCCCCC2)CC1. The molecular formula is C17H28O. The maximum atomic E-state index is 12.6. The second-order valence-electron chi connectivity index (χ2n) is 6.98. The van der Waals surface area contributed by atoms with Gasteiger partial charge in [-0.3, -0.25) is 4.79 Å². The van der Waals surface area contributed by atoms with Gasteiger partial charge in [-0.25, -0.2) is 0 Å². The van der Waals surface area contributed by atoms with E-state index in [0.29, 0.717) is 17.1 Å². The van der Waals surface area contributed by atoms with E-state index in [0.717, 1.165) is 25.7 Å². The number of rotatable bonds is 2. The summed E-state index contributed by atoms with van der Waals surface area (Å²) in [5.74, 6) is 0.830. The van der Waals surface area contributed by atoms with Gasteiger partial charge in [0.25, 0.3) is 0 Å². The van der Waals surface area contributed by atoms with Crippen LogP contribution in [0.1, 0.15) is 78.1 Å². The minimum absolute atomic E-state index is 0.337. The van der Waals surface area contributed by atoms with E-state index in [9.17, 15) is 4.79 Å². The number of carbonyl (C=O) groups is 1. The molecule has 0 aliphatic heterocycles. The van der Waals surface area contributed by atoms with Gasteiger partial charge in [-0.05, 0) is 62.4 Å². The molecule has 1 fully saturated rings. The van der Waals surface area contributed by atoms with Gasteiger partial charge in [-0.1, -0.05) is 32.8 Å². The van der Waals surface area contributed by atoms with Crippen molar-refractivity contribution in [1.82, 2.24) is 0 Å². The first-order valence-electron chi connectivity index (χ1n) is 7.82. The zero-order chi connectivity index (χ0) is 13.0. The highest BCUT2D eigenvalue weighted by Crippen LogP contribution is 2.39. The van der Waals surface area contributed by atoms with Gasteiger partial charge < -0.3 is 0 Å². The van der Waals surface area contributed by atoms with Crippen LogP contribution in [0.4, 0.5) is 0 Å². The van der Waals surface area contributed by atoms with E-state index in [1.807, 2.05) is 0 Å². The molecular weight excluding hydrogens is 220 g/mol. The molecule has 0 atom stereocenters. The molecule has 0 saturated heterocycles. The summed E-state index contributed by atoms with van der Waals surface area (Å²) in [6, 6.07) is 0. The lowest BCUT2D eigenvalue weighted by atomic mass is 9.71. The van der Waals surface area contributed by atoms with E-state index in [-0.39, 0.29) is 0 Å². The summed E-state index contributed by atoms with van der Waals surface area (Å²) < 4.78 is 0. The molecule has 1 saturated carbocycles. The fourth-order valence-corrected chi connectivity index (χ4v) is 3.34. The zero-order valence-electron chi connectivity index (χ0n) is 12.1. The van der Waals surface area contributed by atoms with E-state index in [1.54, 1.807) is 0 Å². The molecule has 0 N–H and O–H groups in total. The van der Waals surface area contributed by atoms with Crippen molar-refractivity contribution in [3.63, 3.8) is 0 Å². The number of Topliss-reactive ketones (excluding diaryl/α,β-unsaturated/α-hetero) is 1. The van der Waals surface area contributed by atoms with Gasteiger partial charge >= 0.3 is 0 Å². The van der Waals surface area contributed by atoms with Crippen LogP contribution in [-0.4, -0.2) is 5.78 Å². The number of hydrogen-bond donors (Lipinski definition) is 0. The van der Waals surface area contributed by atoms with Gasteiger partial charge in [0.05, 0.1) is 0 Å². The third-order valence-electron chi connectivity index (χ3n) is 4.82. The van der Waals surface area contributed by atoms with Gasteiger partial charge in [0.2, 0.25) is 0 Å². The van der Waals surface area contributed by atoms with E-state index < -0.39 is 0 Å². The van der Waals surface area contributed by atoms with E-state index >= 15 is 0 Å². The zero-order valence-corrected chi connectivity index (χ0v) is 12.1. The summed E-state index contributed by atoms with van der Waals surface area (Å²) in [7, 11) is 0. The standard InChI is InChI=1S/C17H28O/c1-17(2)12-10-15(11-13-17)16(18)14-8-6-4-3-5-7-9-14/h8,15H,3-7,9-13H2,1-2H3. The molecule has 0 aromatic rings. The first kappa shape index (κ1) is 13.8. The highest BCUT2D eigenvalue weighted by atomic mass is 16.1. The highest BCUT2D eigenvalue weighted by Gasteiger charge is 2.31. The van der Waals surface area contributed by atoms with Crippen LogP contribution in [0.15, 0.2) is 11.6 Å². The first-order valence-corrected chi connectivity index (χ1v) is 7.82. The Morgan fingerprint density at radius 1 is 1.11 bits per heavy atom. The molecule has 1 nitrogen and oxygen atoms in total. The van der Waals surface area contributed by atoms with E-state index in [2.05, 4.69) is 19.9 Å². The molecule has 2 aliphatic rings. The molecule has 0 heterocycles. The van der Waals surface area contributed by atoms with Gasteiger partial charge in [0.1, 0.15) is 0 Å². The number of ketones is 1. The summed E-state index contributed by atoms with van der Waals surface area (Å²) in [5.41, 5.74) is 1.63. The lowest BCUT2D eigenvalue weighted by Crippen LogP contribution is -2.27. The highest BCUT2D eigenvalue weighted by molar-refractivity contribution is 5.97. The Labute approximate surface area is 112 Å². The van der Waals surface area contributed by atoms with Crippen LogP contribution < -0.4 is 0 Å². The van der Waals surface area contributed by atoms with Gasteiger partial charge in [-0.2, -0.15) is 0 Å². The van der Waals surface area contributed by atoms with Gasteiger partial charge in [0.15, 0.2) is 5.78 Å². The third-order valence-corrected chi connectivity index (χ3v) is 4.82. The van der Waals surface area contributed by atoms with Crippen LogP contribution in [0.3, 0.4) is 0 Å². The number of hydrogen-bond acceptors (Lipinski definition) is 1. The average molecular weight is 248 g/mol. The Balaban J connectivity index is 1.94. The predicted octanol–water partition coefficient (Wildman–Crippen LogP) is 5.05. The second-order valence-corrected chi connectivity index (χ2v) is 6.98.